The van der Waals surface area contributed by atoms with Gasteiger partial charge in [0.2, 0.25) is 0 Å². The van der Waals surface area contributed by atoms with Crippen molar-refractivity contribution in [2.75, 3.05) is 39.6 Å². The molecular formula is C40H42O14. The topological polar surface area (TPSA) is 176 Å². The molecule has 2 saturated heterocycles. The molecule has 14 nitrogen and oxygen atoms in total. The van der Waals surface area contributed by atoms with Gasteiger partial charge in [0.25, 0.3) is 0 Å². The predicted octanol–water partition coefficient (Wildman–Crippen LogP) is 4.37. The molecule has 4 rings (SSSR count). The second-order valence-corrected chi connectivity index (χ2v) is 11.9. The smallest absolute Gasteiger partial charge is 0.338 e. The molecule has 2 aromatic rings. The highest BCUT2D eigenvalue weighted by Crippen LogP contribution is 2.31. The van der Waals surface area contributed by atoms with E-state index in [1.165, 1.54) is 12.2 Å². The number of fused-ring (bicyclic) bond motifs is 1. The summed E-state index contributed by atoms with van der Waals surface area (Å²) in [5.74, 6) is -3.24. The largest absolute Gasteiger partial charge is 0.463 e. The lowest BCUT2D eigenvalue weighted by Gasteiger charge is -2.17. The van der Waals surface area contributed by atoms with Gasteiger partial charge < -0.3 is 37.9 Å². The highest BCUT2D eigenvalue weighted by Gasteiger charge is 2.51. The lowest BCUT2D eigenvalue weighted by molar-refractivity contribution is -0.140. The van der Waals surface area contributed by atoms with Gasteiger partial charge in [0, 0.05) is 24.3 Å². The van der Waals surface area contributed by atoms with E-state index in [-0.39, 0.29) is 50.8 Å². The molecule has 0 unspecified atom stereocenters. The zero-order valence-electron chi connectivity index (χ0n) is 29.6. The minimum Gasteiger partial charge on any atom is -0.463 e. The van der Waals surface area contributed by atoms with E-state index in [4.69, 9.17) is 37.9 Å². The SMILES string of the molecule is C=CC(=O)OCCCCOC(=O)/C=C/c1ccc(C(=O)O[C@H]2CO[C@H]3[C@@H]2OC[C@H]3OC(=O)c2ccc(/C=C/C(=O)OCCCCOC(=O)C=C)cc2)cc1. The second-order valence-electron chi connectivity index (χ2n) is 11.9. The highest BCUT2D eigenvalue weighted by molar-refractivity contribution is 5.91. The van der Waals surface area contributed by atoms with Gasteiger partial charge in [-0.3, -0.25) is 0 Å². The standard InChI is InChI=1S/C40H42O14/c1-3-33(41)47-21-5-7-23-49-35(43)19-13-27-9-15-29(16-10-27)39(45)53-31-25-51-38-32(26-52-37(31)38)54-40(46)30-17-11-28(12-18-30)14-20-36(44)50-24-8-6-22-48-34(42)4-2/h3-4,9-20,31-32,37-38H,1-2,5-8,21-26H2/b19-13+,20-14+/t31-,32+,37-,38-/m1/s1. The van der Waals surface area contributed by atoms with Gasteiger partial charge in [-0.2, -0.15) is 0 Å². The van der Waals surface area contributed by atoms with Crippen molar-refractivity contribution in [3.8, 4) is 0 Å². The molecule has 0 spiro atoms. The van der Waals surface area contributed by atoms with Crippen LogP contribution in [0.15, 0.2) is 86.0 Å². The van der Waals surface area contributed by atoms with Crippen LogP contribution in [0.1, 0.15) is 57.5 Å². The summed E-state index contributed by atoms with van der Waals surface area (Å²) in [5.41, 5.74) is 1.89. The Morgan fingerprint density at radius 3 is 1.20 bits per heavy atom. The van der Waals surface area contributed by atoms with E-state index in [2.05, 4.69) is 13.2 Å². The molecule has 54 heavy (non-hydrogen) atoms. The van der Waals surface area contributed by atoms with Crippen molar-refractivity contribution in [3.63, 3.8) is 0 Å². The third-order valence-corrected chi connectivity index (χ3v) is 7.98. The highest BCUT2D eigenvalue weighted by atomic mass is 16.7. The molecule has 0 aliphatic carbocycles. The molecule has 0 amide bonds. The normalized spacial score (nSPS) is 18.7. The van der Waals surface area contributed by atoms with Crippen molar-refractivity contribution in [1.29, 1.82) is 0 Å². The van der Waals surface area contributed by atoms with Crippen LogP contribution in [0.5, 0.6) is 0 Å². The van der Waals surface area contributed by atoms with Crippen LogP contribution >= 0.6 is 0 Å². The maximum atomic E-state index is 12.9. The number of hydrogen-bond acceptors (Lipinski definition) is 14. The van der Waals surface area contributed by atoms with Gasteiger partial charge in [0.15, 0.2) is 12.2 Å². The van der Waals surface area contributed by atoms with Gasteiger partial charge in [-0.15, -0.1) is 0 Å². The van der Waals surface area contributed by atoms with Crippen LogP contribution in [0, 0.1) is 0 Å². The Labute approximate surface area is 312 Å². The van der Waals surface area contributed by atoms with Crippen LogP contribution in [-0.4, -0.2) is 99.9 Å². The first-order valence-electron chi connectivity index (χ1n) is 17.3. The van der Waals surface area contributed by atoms with Gasteiger partial charge in [-0.25, -0.2) is 28.8 Å². The Bertz CT molecular complexity index is 1570. The molecule has 0 radical (unpaired) electrons. The Morgan fingerprint density at radius 2 is 0.870 bits per heavy atom. The fraction of sp³-hybridized carbons (Fsp3) is 0.350. The van der Waals surface area contributed by atoms with Crippen LogP contribution < -0.4 is 0 Å². The van der Waals surface area contributed by atoms with Crippen molar-refractivity contribution in [2.24, 2.45) is 0 Å². The van der Waals surface area contributed by atoms with Gasteiger partial charge in [-0.05, 0) is 73.2 Å². The summed E-state index contributed by atoms with van der Waals surface area (Å²) in [5, 5.41) is 0. The molecule has 2 aromatic carbocycles. The summed E-state index contributed by atoms with van der Waals surface area (Å²) in [6.45, 7) is 7.54. The summed E-state index contributed by atoms with van der Waals surface area (Å²) >= 11 is 0. The van der Waals surface area contributed by atoms with Crippen molar-refractivity contribution >= 4 is 48.0 Å². The quantitative estimate of drug-likeness (QED) is 0.0808. The molecule has 2 heterocycles. The second kappa shape index (κ2) is 21.6. The fourth-order valence-electron chi connectivity index (χ4n) is 5.14. The summed E-state index contributed by atoms with van der Waals surface area (Å²) in [7, 11) is 0. The monoisotopic (exact) mass is 746 g/mol. The Kier molecular flexibility index (Phi) is 16.4. The molecule has 0 bridgehead atoms. The number of esters is 6. The number of unbranched alkanes of at least 4 members (excludes halogenated alkanes) is 2. The summed E-state index contributed by atoms with van der Waals surface area (Å²) in [6, 6.07) is 12.9. The Balaban J connectivity index is 1.15. The molecule has 286 valence electrons. The average Bonchev–Trinajstić information content (AvgIpc) is 3.78. The molecule has 0 N–H and O–H groups in total. The number of benzene rings is 2. The minimum absolute atomic E-state index is 0.0622. The predicted molar refractivity (Wildman–Crippen MR) is 192 cm³/mol. The zero-order valence-corrected chi connectivity index (χ0v) is 29.6. The average molecular weight is 747 g/mol. The molecule has 0 aromatic heterocycles. The molecule has 4 atom stereocenters. The number of carbonyl (C=O) groups is 6. The van der Waals surface area contributed by atoms with Gasteiger partial charge in [-0.1, -0.05) is 37.4 Å². The van der Waals surface area contributed by atoms with Gasteiger partial charge >= 0.3 is 35.8 Å². The van der Waals surface area contributed by atoms with E-state index in [0.717, 1.165) is 12.2 Å². The maximum absolute atomic E-state index is 12.9. The van der Waals surface area contributed by atoms with Gasteiger partial charge in [0.1, 0.15) is 12.2 Å². The van der Waals surface area contributed by atoms with Crippen molar-refractivity contribution in [2.45, 2.75) is 50.1 Å². The van der Waals surface area contributed by atoms with E-state index in [1.807, 2.05) is 0 Å². The van der Waals surface area contributed by atoms with Crippen LogP contribution in [0.2, 0.25) is 0 Å². The third kappa shape index (κ3) is 13.3. The number of rotatable bonds is 20. The van der Waals surface area contributed by atoms with Crippen LogP contribution in [-0.2, 0) is 57.1 Å². The summed E-state index contributed by atoms with van der Waals surface area (Å²) in [4.78, 5) is 71.7. The molecule has 0 saturated carbocycles. The number of hydrogen-bond donors (Lipinski definition) is 0. The summed E-state index contributed by atoms with van der Waals surface area (Å²) in [6.07, 6.45) is 7.31. The first-order chi connectivity index (χ1) is 26.2. The maximum Gasteiger partial charge on any atom is 0.338 e. The van der Waals surface area contributed by atoms with Gasteiger partial charge in [0.05, 0.1) is 50.8 Å². The fourth-order valence-corrected chi connectivity index (χ4v) is 5.14. The first kappa shape index (κ1) is 40.9. The number of carbonyl (C=O) groups excluding carboxylic acids is 6. The first-order valence-corrected chi connectivity index (χ1v) is 17.3. The lowest BCUT2D eigenvalue weighted by Crippen LogP contribution is -2.36. The van der Waals surface area contributed by atoms with E-state index in [0.29, 0.717) is 36.8 Å². The lowest BCUT2D eigenvalue weighted by atomic mass is 10.1. The van der Waals surface area contributed by atoms with E-state index in [9.17, 15) is 28.8 Å². The molecule has 2 fully saturated rings. The summed E-state index contributed by atoms with van der Waals surface area (Å²) < 4.78 is 42.9. The van der Waals surface area contributed by atoms with Crippen LogP contribution in [0.25, 0.3) is 12.2 Å². The van der Waals surface area contributed by atoms with E-state index < -0.39 is 60.2 Å². The van der Waals surface area contributed by atoms with E-state index in [1.54, 1.807) is 60.7 Å². The van der Waals surface area contributed by atoms with Crippen molar-refractivity contribution < 1.29 is 66.7 Å². The van der Waals surface area contributed by atoms with Crippen molar-refractivity contribution in [1.82, 2.24) is 0 Å². The Morgan fingerprint density at radius 1 is 0.537 bits per heavy atom. The minimum atomic E-state index is -0.714. The third-order valence-electron chi connectivity index (χ3n) is 7.98. The number of ether oxygens (including phenoxy) is 8. The zero-order chi connectivity index (χ0) is 38.7. The molecule has 2 aliphatic heterocycles. The van der Waals surface area contributed by atoms with Crippen LogP contribution in [0.4, 0.5) is 0 Å². The Hall–Kier alpha value is -5.86. The van der Waals surface area contributed by atoms with Crippen LogP contribution in [0.3, 0.4) is 0 Å². The molecule has 14 heteroatoms. The molecule has 2 aliphatic rings. The molecular weight excluding hydrogens is 704 g/mol. The van der Waals surface area contributed by atoms with Crippen molar-refractivity contribution in [3.05, 3.63) is 108 Å². The van der Waals surface area contributed by atoms with E-state index >= 15 is 0 Å².